The van der Waals surface area contributed by atoms with Crippen molar-refractivity contribution in [1.29, 1.82) is 0 Å². The molecule has 0 spiro atoms. The zero-order valence-corrected chi connectivity index (χ0v) is 8.43. The van der Waals surface area contributed by atoms with Crippen molar-refractivity contribution in [2.45, 2.75) is 19.1 Å². The standard InChI is InChI=1S/C9H8Cl2O2/c1-4-8(12)6-2-5(10)3-7(11)9(6)13-4/h2-4,8,12H,1H3. The molecular formula is C9H8Cl2O2. The lowest BCUT2D eigenvalue weighted by molar-refractivity contribution is 0.0796. The highest BCUT2D eigenvalue weighted by Crippen LogP contribution is 2.43. The molecule has 0 aliphatic carbocycles. The SMILES string of the molecule is CC1Oc2c(Cl)cc(Cl)cc2C1O. The molecule has 0 saturated heterocycles. The van der Waals surface area contributed by atoms with Crippen molar-refractivity contribution in [3.05, 3.63) is 27.7 Å². The maximum Gasteiger partial charge on any atom is 0.144 e. The van der Waals surface area contributed by atoms with E-state index in [1.807, 2.05) is 0 Å². The Morgan fingerprint density at radius 1 is 1.38 bits per heavy atom. The quantitative estimate of drug-likeness (QED) is 0.726. The van der Waals surface area contributed by atoms with E-state index in [1.54, 1.807) is 19.1 Å². The molecule has 2 atom stereocenters. The maximum absolute atomic E-state index is 9.66. The van der Waals surface area contributed by atoms with Crippen molar-refractivity contribution in [2.75, 3.05) is 0 Å². The summed E-state index contributed by atoms with van der Waals surface area (Å²) in [4.78, 5) is 0. The van der Waals surface area contributed by atoms with Crippen LogP contribution in [0, 0.1) is 0 Å². The van der Waals surface area contributed by atoms with Crippen molar-refractivity contribution in [3.8, 4) is 5.75 Å². The Hall–Kier alpha value is -0.440. The van der Waals surface area contributed by atoms with Crippen LogP contribution >= 0.6 is 23.2 Å². The van der Waals surface area contributed by atoms with Crippen LogP contribution in [0.2, 0.25) is 10.0 Å². The molecule has 2 nitrogen and oxygen atoms in total. The van der Waals surface area contributed by atoms with E-state index in [0.717, 1.165) is 0 Å². The third-order valence-corrected chi connectivity index (χ3v) is 2.60. The second kappa shape index (κ2) is 3.05. The summed E-state index contributed by atoms with van der Waals surface area (Å²) in [5, 5.41) is 10.6. The van der Waals surface area contributed by atoms with Crippen LogP contribution in [0.3, 0.4) is 0 Å². The lowest BCUT2D eigenvalue weighted by atomic mass is 10.1. The van der Waals surface area contributed by atoms with E-state index in [-0.39, 0.29) is 6.10 Å². The maximum atomic E-state index is 9.66. The number of aliphatic hydroxyl groups is 1. The Labute approximate surface area is 86.0 Å². The minimum Gasteiger partial charge on any atom is -0.486 e. The normalized spacial score (nSPS) is 25.5. The summed E-state index contributed by atoms with van der Waals surface area (Å²) < 4.78 is 5.36. The minimum absolute atomic E-state index is 0.258. The minimum atomic E-state index is -0.633. The van der Waals surface area contributed by atoms with E-state index < -0.39 is 6.10 Å². The predicted molar refractivity (Wildman–Crippen MR) is 51.5 cm³/mol. The molecule has 1 N–H and O–H groups in total. The lowest BCUT2D eigenvalue weighted by Crippen LogP contribution is -2.12. The molecule has 1 aliphatic rings. The zero-order valence-electron chi connectivity index (χ0n) is 6.92. The fraction of sp³-hybridized carbons (Fsp3) is 0.333. The van der Waals surface area contributed by atoms with Gasteiger partial charge in [0, 0.05) is 10.6 Å². The van der Waals surface area contributed by atoms with Gasteiger partial charge in [0.1, 0.15) is 18.0 Å². The highest BCUT2D eigenvalue weighted by molar-refractivity contribution is 6.35. The average Bonchev–Trinajstić information content (AvgIpc) is 2.32. The number of hydrogen-bond donors (Lipinski definition) is 1. The van der Waals surface area contributed by atoms with Gasteiger partial charge in [0.05, 0.1) is 5.02 Å². The Morgan fingerprint density at radius 2 is 2.08 bits per heavy atom. The summed E-state index contributed by atoms with van der Waals surface area (Å²) in [6.07, 6.45) is -0.892. The molecule has 2 rings (SSSR count). The molecular weight excluding hydrogens is 211 g/mol. The first-order valence-electron chi connectivity index (χ1n) is 3.93. The largest absolute Gasteiger partial charge is 0.486 e. The average molecular weight is 219 g/mol. The summed E-state index contributed by atoms with van der Waals surface area (Å²) in [7, 11) is 0. The predicted octanol–water partition coefficient (Wildman–Crippen LogP) is 2.81. The van der Waals surface area contributed by atoms with Gasteiger partial charge in [0.2, 0.25) is 0 Å². The van der Waals surface area contributed by atoms with Crippen molar-refractivity contribution in [2.24, 2.45) is 0 Å². The van der Waals surface area contributed by atoms with Crippen LogP contribution in [0.25, 0.3) is 0 Å². The van der Waals surface area contributed by atoms with Crippen molar-refractivity contribution < 1.29 is 9.84 Å². The molecule has 0 fully saturated rings. The highest BCUT2D eigenvalue weighted by atomic mass is 35.5. The van der Waals surface area contributed by atoms with Gasteiger partial charge in [0.15, 0.2) is 0 Å². The molecule has 0 saturated carbocycles. The summed E-state index contributed by atoms with van der Waals surface area (Å²) >= 11 is 11.7. The number of fused-ring (bicyclic) bond motifs is 1. The molecule has 1 aliphatic heterocycles. The third-order valence-electron chi connectivity index (χ3n) is 2.10. The molecule has 0 amide bonds. The molecule has 0 radical (unpaired) electrons. The molecule has 0 bridgehead atoms. The van der Waals surface area contributed by atoms with Gasteiger partial charge in [-0.15, -0.1) is 0 Å². The van der Waals surface area contributed by atoms with Gasteiger partial charge in [-0.3, -0.25) is 0 Å². The number of rotatable bonds is 0. The Morgan fingerprint density at radius 3 is 2.77 bits per heavy atom. The molecule has 1 aromatic rings. The van der Waals surface area contributed by atoms with E-state index >= 15 is 0 Å². The van der Waals surface area contributed by atoms with Crippen LogP contribution in [0.5, 0.6) is 5.75 Å². The van der Waals surface area contributed by atoms with Crippen LogP contribution in [0.1, 0.15) is 18.6 Å². The monoisotopic (exact) mass is 218 g/mol. The van der Waals surface area contributed by atoms with Crippen molar-refractivity contribution >= 4 is 23.2 Å². The van der Waals surface area contributed by atoms with E-state index in [1.165, 1.54) is 0 Å². The van der Waals surface area contributed by atoms with Gasteiger partial charge in [-0.05, 0) is 19.1 Å². The van der Waals surface area contributed by atoms with Gasteiger partial charge in [-0.1, -0.05) is 23.2 Å². The third kappa shape index (κ3) is 1.39. The van der Waals surface area contributed by atoms with Crippen molar-refractivity contribution in [3.63, 3.8) is 0 Å². The second-order valence-electron chi connectivity index (χ2n) is 3.07. The fourth-order valence-electron chi connectivity index (χ4n) is 1.43. The Balaban J connectivity index is 2.57. The highest BCUT2D eigenvalue weighted by Gasteiger charge is 2.31. The topological polar surface area (TPSA) is 29.5 Å². The van der Waals surface area contributed by atoms with Gasteiger partial charge < -0.3 is 9.84 Å². The number of benzene rings is 1. The van der Waals surface area contributed by atoms with Gasteiger partial charge in [0.25, 0.3) is 0 Å². The fourth-order valence-corrected chi connectivity index (χ4v) is 1.98. The van der Waals surface area contributed by atoms with E-state index in [2.05, 4.69) is 0 Å². The van der Waals surface area contributed by atoms with Crippen molar-refractivity contribution in [1.82, 2.24) is 0 Å². The van der Waals surface area contributed by atoms with Crippen LogP contribution in [-0.4, -0.2) is 11.2 Å². The number of ether oxygens (including phenoxy) is 1. The molecule has 2 unspecified atom stereocenters. The van der Waals surface area contributed by atoms with Gasteiger partial charge in [-0.2, -0.15) is 0 Å². The number of aliphatic hydroxyl groups excluding tert-OH is 1. The first-order valence-corrected chi connectivity index (χ1v) is 4.69. The summed E-state index contributed by atoms with van der Waals surface area (Å²) in [6.45, 7) is 1.79. The zero-order chi connectivity index (χ0) is 9.59. The molecule has 4 heteroatoms. The smallest absolute Gasteiger partial charge is 0.144 e. The molecule has 0 aromatic heterocycles. The van der Waals surface area contributed by atoms with E-state index in [0.29, 0.717) is 21.4 Å². The lowest BCUT2D eigenvalue weighted by Gasteiger charge is -2.06. The van der Waals surface area contributed by atoms with E-state index in [9.17, 15) is 5.11 Å². The molecule has 1 aromatic carbocycles. The summed E-state index contributed by atoms with van der Waals surface area (Å²) in [5.41, 5.74) is 0.671. The Kier molecular flexibility index (Phi) is 2.14. The summed E-state index contributed by atoms with van der Waals surface area (Å²) in [6, 6.07) is 3.28. The molecule has 1 heterocycles. The first kappa shape index (κ1) is 9.13. The van der Waals surface area contributed by atoms with Crippen LogP contribution < -0.4 is 4.74 Å². The number of halogens is 2. The van der Waals surface area contributed by atoms with Crippen LogP contribution in [-0.2, 0) is 0 Å². The molecule has 13 heavy (non-hydrogen) atoms. The van der Waals surface area contributed by atoms with Gasteiger partial charge in [-0.25, -0.2) is 0 Å². The second-order valence-corrected chi connectivity index (χ2v) is 3.92. The first-order chi connectivity index (χ1) is 6.09. The molecule has 70 valence electrons. The van der Waals surface area contributed by atoms with Crippen LogP contribution in [0.15, 0.2) is 12.1 Å². The Bertz CT molecular complexity index is 352. The van der Waals surface area contributed by atoms with Crippen LogP contribution in [0.4, 0.5) is 0 Å². The van der Waals surface area contributed by atoms with Gasteiger partial charge >= 0.3 is 0 Å². The van der Waals surface area contributed by atoms with E-state index in [4.69, 9.17) is 27.9 Å². The number of hydrogen-bond acceptors (Lipinski definition) is 2. The summed E-state index contributed by atoms with van der Waals surface area (Å²) in [5.74, 6) is 0.547.